The first-order valence-corrected chi connectivity index (χ1v) is 6.40. The highest BCUT2D eigenvalue weighted by molar-refractivity contribution is 5.47. The van der Waals surface area contributed by atoms with Crippen LogP contribution in [0, 0.1) is 10.1 Å². The van der Waals surface area contributed by atoms with Crippen LogP contribution in [0.15, 0.2) is 48.5 Å². The number of carbonyl (C=O) groups excluding carboxylic acids is 1. The van der Waals surface area contributed by atoms with Gasteiger partial charge in [0.1, 0.15) is 5.75 Å². The minimum Gasteiger partial charge on any atom is -0.469 e. The Balaban J connectivity index is 2.11. The third kappa shape index (κ3) is 3.95. The average Bonchev–Trinajstić information content (AvgIpc) is 2.54. The van der Waals surface area contributed by atoms with Crippen LogP contribution in [-0.4, -0.2) is 30.0 Å². The number of benzene rings is 2. The van der Waals surface area contributed by atoms with Crippen molar-refractivity contribution >= 4 is 12.1 Å². The topological polar surface area (TPSA) is 81.9 Å². The van der Waals surface area contributed by atoms with Gasteiger partial charge in [0.25, 0.3) is 5.69 Å². The Morgan fingerprint density at radius 3 is 2.36 bits per heavy atom. The van der Waals surface area contributed by atoms with Crippen LogP contribution < -0.4 is 9.47 Å². The van der Waals surface area contributed by atoms with Crippen LogP contribution in [0.1, 0.15) is 0 Å². The van der Waals surface area contributed by atoms with Gasteiger partial charge in [0, 0.05) is 19.2 Å². The largest absolute Gasteiger partial charge is 0.469 e. The molecule has 114 valence electrons. The molecule has 0 aliphatic heterocycles. The molecular formula is C15H14N2O5. The molecule has 7 nitrogen and oxygen atoms in total. The molecule has 0 heterocycles. The number of hydrogen-bond donors (Lipinski definition) is 0. The van der Waals surface area contributed by atoms with Gasteiger partial charge < -0.3 is 14.4 Å². The van der Waals surface area contributed by atoms with Crippen LogP contribution in [-0.2, 0) is 4.79 Å². The molecule has 2 rings (SSSR count). The molecule has 0 atom stereocenters. The highest BCUT2D eigenvalue weighted by atomic mass is 16.6. The molecule has 2 aromatic carbocycles. The number of non-ortho nitro benzene ring substituents is 1. The zero-order valence-electron chi connectivity index (χ0n) is 11.8. The van der Waals surface area contributed by atoms with Gasteiger partial charge in [0.15, 0.2) is 18.2 Å². The van der Waals surface area contributed by atoms with Crippen molar-refractivity contribution in [3.8, 4) is 17.2 Å². The zero-order chi connectivity index (χ0) is 15.9. The fraction of sp³-hybridized carbons (Fsp3) is 0.133. The van der Waals surface area contributed by atoms with Crippen LogP contribution in [0.5, 0.6) is 17.2 Å². The van der Waals surface area contributed by atoms with Crippen molar-refractivity contribution in [3.63, 3.8) is 0 Å². The molecule has 7 heteroatoms. The lowest BCUT2D eigenvalue weighted by molar-refractivity contribution is -0.384. The van der Waals surface area contributed by atoms with Crippen molar-refractivity contribution < 1.29 is 19.2 Å². The summed E-state index contributed by atoms with van der Waals surface area (Å²) >= 11 is 0. The SMILES string of the molecule is CN(C=O)COc1ccccc1Oc1ccc([N+](=O)[O-])cc1. The molecular weight excluding hydrogens is 288 g/mol. The first-order valence-electron chi connectivity index (χ1n) is 6.40. The standard InChI is InChI=1S/C15H14N2O5/c1-16(10-18)11-21-14-4-2-3-5-15(14)22-13-8-6-12(7-9-13)17(19)20/h2-10H,11H2,1H3. The summed E-state index contributed by atoms with van der Waals surface area (Å²) in [6.45, 7) is 0.0874. The number of para-hydroxylation sites is 2. The van der Waals surface area contributed by atoms with Crippen molar-refractivity contribution in [2.24, 2.45) is 0 Å². The zero-order valence-corrected chi connectivity index (χ0v) is 11.8. The Bertz CT molecular complexity index is 657. The van der Waals surface area contributed by atoms with E-state index < -0.39 is 4.92 Å². The van der Waals surface area contributed by atoms with Gasteiger partial charge >= 0.3 is 0 Å². The molecule has 0 N–H and O–H groups in total. The molecule has 22 heavy (non-hydrogen) atoms. The predicted octanol–water partition coefficient (Wildman–Crippen LogP) is 2.81. The fourth-order valence-corrected chi connectivity index (χ4v) is 1.62. The van der Waals surface area contributed by atoms with E-state index in [1.54, 1.807) is 31.3 Å². The van der Waals surface area contributed by atoms with E-state index in [0.717, 1.165) is 0 Å². The van der Waals surface area contributed by atoms with E-state index in [1.165, 1.54) is 29.2 Å². The summed E-state index contributed by atoms with van der Waals surface area (Å²) in [5.74, 6) is 1.37. The maximum Gasteiger partial charge on any atom is 0.269 e. The van der Waals surface area contributed by atoms with Crippen LogP contribution in [0.3, 0.4) is 0 Å². The molecule has 0 aliphatic carbocycles. The molecule has 0 radical (unpaired) electrons. The van der Waals surface area contributed by atoms with Gasteiger partial charge in [-0.3, -0.25) is 14.9 Å². The van der Waals surface area contributed by atoms with E-state index in [9.17, 15) is 14.9 Å². The lowest BCUT2D eigenvalue weighted by Gasteiger charge is -2.15. The Morgan fingerprint density at radius 1 is 1.14 bits per heavy atom. The summed E-state index contributed by atoms with van der Waals surface area (Å²) in [6, 6.07) is 12.7. The summed E-state index contributed by atoms with van der Waals surface area (Å²) < 4.78 is 11.1. The molecule has 0 unspecified atom stereocenters. The maximum atomic E-state index is 10.6. The van der Waals surface area contributed by atoms with Gasteiger partial charge in [-0.2, -0.15) is 0 Å². The van der Waals surface area contributed by atoms with E-state index >= 15 is 0 Å². The lowest BCUT2D eigenvalue weighted by atomic mass is 10.3. The number of carbonyl (C=O) groups is 1. The first kappa shape index (κ1) is 15.3. The monoisotopic (exact) mass is 302 g/mol. The third-order valence-corrected chi connectivity index (χ3v) is 2.73. The highest BCUT2D eigenvalue weighted by Crippen LogP contribution is 2.31. The first-order chi connectivity index (χ1) is 10.6. The minimum atomic E-state index is -0.476. The second-order valence-electron chi connectivity index (χ2n) is 4.44. The van der Waals surface area contributed by atoms with Gasteiger partial charge in [-0.25, -0.2) is 0 Å². The summed E-state index contributed by atoms with van der Waals surface area (Å²) in [7, 11) is 1.59. The van der Waals surface area contributed by atoms with Crippen molar-refractivity contribution in [1.82, 2.24) is 4.90 Å². The van der Waals surface area contributed by atoms with E-state index in [-0.39, 0.29) is 12.4 Å². The predicted molar refractivity (Wildman–Crippen MR) is 78.9 cm³/mol. The van der Waals surface area contributed by atoms with Crippen LogP contribution in [0.25, 0.3) is 0 Å². The van der Waals surface area contributed by atoms with Crippen molar-refractivity contribution in [2.45, 2.75) is 0 Å². The van der Waals surface area contributed by atoms with Crippen molar-refractivity contribution in [3.05, 3.63) is 58.6 Å². The number of nitro benzene ring substituents is 1. The Labute approximate surface area is 126 Å². The van der Waals surface area contributed by atoms with Crippen LogP contribution in [0.2, 0.25) is 0 Å². The Morgan fingerprint density at radius 2 is 1.77 bits per heavy atom. The molecule has 0 bridgehead atoms. The van der Waals surface area contributed by atoms with E-state index in [0.29, 0.717) is 23.7 Å². The molecule has 0 spiro atoms. The molecule has 2 aromatic rings. The van der Waals surface area contributed by atoms with Gasteiger partial charge in [0.05, 0.1) is 4.92 Å². The number of nitro groups is 1. The van der Waals surface area contributed by atoms with Gasteiger partial charge in [0.2, 0.25) is 6.41 Å². The number of nitrogens with zero attached hydrogens (tertiary/aromatic N) is 2. The maximum absolute atomic E-state index is 10.6. The van der Waals surface area contributed by atoms with Crippen LogP contribution >= 0.6 is 0 Å². The minimum absolute atomic E-state index is 0.00973. The molecule has 0 saturated carbocycles. The number of ether oxygens (including phenoxy) is 2. The number of amides is 1. The summed E-state index contributed by atoms with van der Waals surface area (Å²) in [5.41, 5.74) is -0.00973. The molecule has 0 aromatic heterocycles. The number of rotatable bonds is 7. The second-order valence-corrected chi connectivity index (χ2v) is 4.44. The normalized spacial score (nSPS) is 9.86. The molecule has 1 amide bonds. The fourth-order valence-electron chi connectivity index (χ4n) is 1.62. The van der Waals surface area contributed by atoms with Crippen molar-refractivity contribution in [2.75, 3.05) is 13.8 Å². The molecule has 0 aliphatic rings. The van der Waals surface area contributed by atoms with E-state index in [2.05, 4.69) is 0 Å². The molecule has 0 saturated heterocycles. The quantitative estimate of drug-likeness (QED) is 0.340. The Hall–Kier alpha value is -3.09. The van der Waals surface area contributed by atoms with Crippen LogP contribution in [0.4, 0.5) is 5.69 Å². The summed E-state index contributed by atoms with van der Waals surface area (Å²) in [6.07, 6.45) is 0.653. The summed E-state index contributed by atoms with van der Waals surface area (Å²) in [4.78, 5) is 22.0. The van der Waals surface area contributed by atoms with Crippen molar-refractivity contribution in [1.29, 1.82) is 0 Å². The average molecular weight is 302 g/mol. The van der Waals surface area contributed by atoms with E-state index in [4.69, 9.17) is 9.47 Å². The van der Waals surface area contributed by atoms with Gasteiger partial charge in [-0.1, -0.05) is 12.1 Å². The smallest absolute Gasteiger partial charge is 0.269 e. The lowest BCUT2D eigenvalue weighted by Crippen LogP contribution is -2.21. The second kappa shape index (κ2) is 7.07. The molecule has 0 fully saturated rings. The van der Waals surface area contributed by atoms with Gasteiger partial charge in [-0.15, -0.1) is 0 Å². The summed E-state index contributed by atoms with van der Waals surface area (Å²) in [5, 5.41) is 10.6. The number of hydrogen-bond acceptors (Lipinski definition) is 5. The van der Waals surface area contributed by atoms with E-state index in [1.807, 2.05) is 0 Å². The third-order valence-electron chi connectivity index (χ3n) is 2.73. The Kier molecular flexibility index (Phi) is 4.92. The van der Waals surface area contributed by atoms with Gasteiger partial charge in [-0.05, 0) is 24.3 Å². The highest BCUT2D eigenvalue weighted by Gasteiger charge is 2.08.